The molecule has 1 unspecified atom stereocenters. The molecular weight excluding hydrogens is 312 g/mol. The highest BCUT2D eigenvalue weighted by Crippen LogP contribution is 2.16. The third kappa shape index (κ3) is 6.01. The zero-order valence-electron chi connectivity index (χ0n) is 10.8. The highest BCUT2D eigenvalue weighted by Gasteiger charge is 2.14. The molecule has 102 valence electrons. The number of alkyl halides is 1. The van der Waals surface area contributed by atoms with Crippen LogP contribution in [0.15, 0.2) is 30.3 Å². The SMILES string of the molecule is CCCS(=O)(=O)CCC(CBr)Cc1ccccc1. The summed E-state index contributed by atoms with van der Waals surface area (Å²) in [6, 6.07) is 10.2. The van der Waals surface area contributed by atoms with Crippen molar-refractivity contribution >= 4 is 25.8 Å². The number of sulfone groups is 1. The Morgan fingerprint density at radius 1 is 1.17 bits per heavy atom. The zero-order valence-corrected chi connectivity index (χ0v) is 13.2. The Kier molecular flexibility index (Phi) is 6.94. The first-order valence-electron chi connectivity index (χ1n) is 6.37. The van der Waals surface area contributed by atoms with Gasteiger partial charge in [-0.05, 0) is 30.7 Å². The van der Waals surface area contributed by atoms with Crippen LogP contribution in [0.25, 0.3) is 0 Å². The summed E-state index contributed by atoms with van der Waals surface area (Å²) in [7, 11) is -2.85. The molecule has 0 aliphatic carbocycles. The number of halogens is 1. The molecule has 0 saturated heterocycles. The van der Waals surface area contributed by atoms with E-state index in [1.807, 2.05) is 25.1 Å². The van der Waals surface area contributed by atoms with Crippen molar-refractivity contribution in [3.05, 3.63) is 35.9 Å². The molecule has 0 aromatic heterocycles. The molecule has 1 atom stereocenters. The summed E-state index contributed by atoms with van der Waals surface area (Å²) in [5, 5.41) is 0.851. The van der Waals surface area contributed by atoms with Crippen LogP contribution in [0, 0.1) is 5.92 Å². The van der Waals surface area contributed by atoms with Gasteiger partial charge < -0.3 is 0 Å². The first kappa shape index (κ1) is 15.7. The summed E-state index contributed by atoms with van der Waals surface area (Å²) in [5.74, 6) is 1.01. The van der Waals surface area contributed by atoms with Gasteiger partial charge in [-0.1, -0.05) is 53.2 Å². The van der Waals surface area contributed by atoms with Crippen molar-refractivity contribution in [3.8, 4) is 0 Å². The van der Waals surface area contributed by atoms with Crippen LogP contribution in [0.5, 0.6) is 0 Å². The van der Waals surface area contributed by atoms with Gasteiger partial charge in [0.1, 0.15) is 9.84 Å². The molecule has 0 radical (unpaired) electrons. The van der Waals surface area contributed by atoms with E-state index in [2.05, 4.69) is 28.1 Å². The minimum absolute atomic E-state index is 0.309. The summed E-state index contributed by atoms with van der Waals surface area (Å²) in [4.78, 5) is 0. The predicted octanol–water partition coefficient (Wildman–Crippen LogP) is 3.46. The zero-order chi connectivity index (χ0) is 13.4. The van der Waals surface area contributed by atoms with E-state index in [4.69, 9.17) is 0 Å². The Morgan fingerprint density at radius 2 is 1.83 bits per heavy atom. The van der Waals surface area contributed by atoms with Crippen LogP contribution in [0.3, 0.4) is 0 Å². The van der Waals surface area contributed by atoms with Crippen LogP contribution in [-0.4, -0.2) is 25.3 Å². The van der Waals surface area contributed by atoms with Crippen molar-refractivity contribution in [3.63, 3.8) is 0 Å². The van der Waals surface area contributed by atoms with Gasteiger partial charge in [-0.3, -0.25) is 0 Å². The second-order valence-electron chi connectivity index (χ2n) is 4.65. The van der Waals surface area contributed by atoms with Gasteiger partial charge in [-0.15, -0.1) is 0 Å². The molecule has 0 aliphatic heterocycles. The maximum absolute atomic E-state index is 11.7. The van der Waals surface area contributed by atoms with Crippen molar-refractivity contribution in [1.29, 1.82) is 0 Å². The molecule has 18 heavy (non-hydrogen) atoms. The number of hydrogen-bond acceptors (Lipinski definition) is 2. The third-order valence-electron chi connectivity index (χ3n) is 2.94. The van der Waals surface area contributed by atoms with Gasteiger partial charge in [0.05, 0.1) is 5.75 Å². The van der Waals surface area contributed by atoms with Gasteiger partial charge in [0.2, 0.25) is 0 Å². The fourth-order valence-electron chi connectivity index (χ4n) is 1.94. The smallest absolute Gasteiger partial charge is 0.150 e. The van der Waals surface area contributed by atoms with E-state index in [0.29, 0.717) is 23.8 Å². The van der Waals surface area contributed by atoms with Gasteiger partial charge in [-0.25, -0.2) is 8.42 Å². The fraction of sp³-hybridized carbons (Fsp3) is 0.571. The molecule has 4 heteroatoms. The van der Waals surface area contributed by atoms with Gasteiger partial charge >= 0.3 is 0 Å². The summed E-state index contributed by atoms with van der Waals surface area (Å²) in [6.45, 7) is 1.91. The van der Waals surface area contributed by atoms with Gasteiger partial charge in [0, 0.05) is 11.1 Å². The molecule has 1 aromatic rings. The largest absolute Gasteiger partial charge is 0.229 e. The van der Waals surface area contributed by atoms with Gasteiger partial charge in [-0.2, -0.15) is 0 Å². The summed E-state index contributed by atoms with van der Waals surface area (Å²) >= 11 is 3.49. The first-order valence-corrected chi connectivity index (χ1v) is 9.32. The fourth-order valence-corrected chi connectivity index (χ4v) is 4.01. The second kappa shape index (κ2) is 7.95. The topological polar surface area (TPSA) is 34.1 Å². The summed E-state index contributed by atoms with van der Waals surface area (Å²) in [6.07, 6.45) is 2.39. The Hall–Kier alpha value is -0.350. The standard InChI is InChI=1S/C14H21BrO2S/c1-2-9-18(16,17)10-8-14(12-15)11-13-6-4-3-5-7-13/h3-7,14H,2,8-12H2,1H3. The molecular formula is C14H21BrO2S. The van der Waals surface area contributed by atoms with E-state index < -0.39 is 9.84 Å². The molecule has 0 heterocycles. The van der Waals surface area contributed by atoms with Crippen molar-refractivity contribution in [2.45, 2.75) is 26.2 Å². The quantitative estimate of drug-likeness (QED) is 0.683. The number of hydrogen-bond donors (Lipinski definition) is 0. The van der Waals surface area contributed by atoms with E-state index >= 15 is 0 Å². The van der Waals surface area contributed by atoms with Crippen molar-refractivity contribution in [2.24, 2.45) is 5.92 Å². The first-order chi connectivity index (χ1) is 8.57. The van der Waals surface area contributed by atoms with E-state index in [9.17, 15) is 8.42 Å². The molecule has 0 fully saturated rings. The molecule has 1 rings (SSSR count). The van der Waals surface area contributed by atoms with E-state index in [-0.39, 0.29) is 0 Å². The van der Waals surface area contributed by atoms with Crippen molar-refractivity contribution in [2.75, 3.05) is 16.8 Å². The van der Waals surface area contributed by atoms with Crippen LogP contribution < -0.4 is 0 Å². The minimum atomic E-state index is -2.85. The van der Waals surface area contributed by atoms with Crippen LogP contribution in [0.1, 0.15) is 25.3 Å². The predicted molar refractivity (Wildman–Crippen MR) is 81.0 cm³/mol. The number of rotatable bonds is 8. The van der Waals surface area contributed by atoms with Crippen LogP contribution in [0.4, 0.5) is 0 Å². The molecule has 0 amide bonds. The average Bonchev–Trinajstić information content (AvgIpc) is 2.35. The van der Waals surface area contributed by atoms with Crippen LogP contribution in [0.2, 0.25) is 0 Å². The summed E-state index contributed by atoms with van der Waals surface area (Å²) < 4.78 is 23.4. The van der Waals surface area contributed by atoms with Crippen molar-refractivity contribution < 1.29 is 8.42 Å². The lowest BCUT2D eigenvalue weighted by molar-refractivity contribution is 0.551. The maximum Gasteiger partial charge on any atom is 0.150 e. The molecule has 0 aliphatic rings. The molecule has 1 aromatic carbocycles. The van der Waals surface area contributed by atoms with Crippen LogP contribution in [-0.2, 0) is 16.3 Å². The molecule has 0 saturated carbocycles. The Morgan fingerprint density at radius 3 is 2.39 bits per heavy atom. The Bertz CT molecular complexity index is 428. The second-order valence-corrected chi connectivity index (χ2v) is 7.60. The lowest BCUT2D eigenvalue weighted by Crippen LogP contribution is -2.16. The molecule has 0 spiro atoms. The van der Waals surface area contributed by atoms with E-state index in [0.717, 1.165) is 18.2 Å². The van der Waals surface area contributed by atoms with Crippen LogP contribution >= 0.6 is 15.9 Å². The summed E-state index contributed by atoms with van der Waals surface area (Å²) in [5.41, 5.74) is 1.27. The average molecular weight is 333 g/mol. The highest BCUT2D eigenvalue weighted by atomic mass is 79.9. The highest BCUT2D eigenvalue weighted by molar-refractivity contribution is 9.09. The van der Waals surface area contributed by atoms with E-state index in [1.165, 1.54) is 5.56 Å². The molecule has 0 N–H and O–H groups in total. The van der Waals surface area contributed by atoms with E-state index in [1.54, 1.807) is 0 Å². The lowest BCUT2D eigenvalue weighted by Gasteiger charge is -2.14. The molecule has 2 nitrogen and oxygen atoms in total. The normalized spacial score (nSPS) is 13.4. The maximum atomic E-state index is 11.7. The minimum Gasteiger partial charge on any atom is -0.229 e. The third-order valence-corrected chi connectivity index (χ3v) is 5.74. The van der Waals surface area contributed by atoms with Gasteiger partial charge in [0.15, 0.2) is 0 Å². The lowest BCUT2D eigenvalue weighted by atomic mass is 9.99. The van der Waals surface area contributed by atoms with Crippen molar-refractivity contribution in [1.82, 2.24) is 0 Å². The number of benzene rings is 1. The van der Waals surface area contributed by atoms with Gasteiger partial charge in [0.25, 0.3) is 0 Å². The monoisotopic (exact) mass is 332 g/mol. The molecule has 0 bridgehead atoms. The Balaban J connectivity index is 2.48. The Labute approximate surface area is 119 Å².